The van der Waals surface area contributed by atoms with E-state index in [9.17, 15) is 0 Å². The number of hydrogen-bond donors (Lipinski definition) is 1. The second-order valence-electron chi connectivity index (χ2n) is 5.51. The van der Waals surface area contributed by atoms with Crippen molar-refractivity contribution in [2.45, 2.75) is 46.6 Å². The van der Waals surface area contributed by atoms with Crippen molar-refractivity contribution < 1.29 is 4.74 Å². The number of hydrogen-bond acceptors (Lipinski definition) is 3. The molecule has 0 fully saturated rings. The monoisotopic (exact) mass is 276 g/mol. The molecule has 0 amide bonds. The average molecular weight is 276 g/mol. The summed E-state index contributed by atoms with van der Waals surface area (Å²) in [6.07, 6.45) is 4.80. The van der Waals surface area contributed by atoms with E-state index in [0.29, 0.717) is 12.5 Å². The van der Waals surface area contributed by atoms with Gasteiger partial charge < -0.3 is 10.1 Å². The SMILES string of the molecule is C=CCCOc1cc(CNCC(C)C)cc(CCC)n1. The number of aryl methyl sites for hydroxylation is 1. The quantitative estimate of drug-likeness (QED) is 0.522. The van der Waals surface area contributed by atoms with Gasteiger partial charge in [0.2, 0.25) is 5.88 Å². The fourth-order valence-corrected chi connectivity index (χ4v) is 1.93. The maximum absolute atomic E-state index is 5.69. The highest BCUT2D eigenvalue weighted by molar-refractivity contribution is 5.25. The molecule has 112 valence electrons. The van der Waals surface area contributed by atoms with Gasteiger partial charge in [-0.3, -0.25) is 0 Å². The molecule has 1 aromatic rings. The Morgan fingerprint density at radius 2 is 2.20 bits per heavy atom. The van der Waals surface area contributed by atoms with Crippen molar-refractivity contribution in [1.82, 2.24) is 10.3 Å². The van der Waals surface area contributed by atoms with Crippen LogP contribution in [0.4, 0.5) is 0 Å². The van der Waals surface area contributed by atoms with Crippen molar-refractivity contribution >= 4 is 0 Å². The Kier molecular flexibility index (Phi) is 7.97. The zero-order valence-electron chi connectivity index (χ0n) is 13.1. The second kappa shape index (κ2) is 9.54. The van der Waals surface area contributed by atoms with Gasteiger partial charge in [-0.25, -0.2) is 4.98 Å². The Morgan fingerprint density at radius 1 is 1.40 bits per heavy atom. The largest absolute Gasteiger partial charge is 0.477 e. The summed E-state index contributed by atoms with van der Waals surface area (Å²) in [5, 5.41) is 3.47. The molecule has 20 heavy (non-hydrogen) atoms. The van der Waals surface area contributed by atoms with E-state index in [1.165, 1.54) is 5.56 Å². The van der Waals surface area contributed by atoms with E-state index in [-0.39, 0.29) is 0 Å². The first-order valence-corrected chi connectivity index (χ1v) is 7.60. The molecule has 0 saturated carbocycles. The molecule has 0 unspecified atom stereocenters. The number of aromatic nitrogens is 1. The fraction of sp³-hybridized carbons (Fsp3) is 0.588. The molecular weight excluding hydrogens is 248 g/mol. The summed E-state index contributed by atoms with van der Waals surface area (Å²) in [6, 6.07) is 4.22. The molecule has 1 N–H and O–H groups in total. The number of nitrogens with one attached hydrogen (secondary N) is 1. The third-order valence-electron chi connectivity index (χ3n) is 2.87. The van der Waals surface area contributed by atoms with E-state index in [2.05, 4.69) is 43.7 Å². The summed E-state index contributed by atoms with van der Waals surface area (Å²) in [5.74, 6) is 1.40. The molecule has 0 saturated heterocycles. The van der Waals surface area contributed by atoms with Gasteiger partial charge in [-0.2, -0.15) is 0 Å². The minimum Gasteiger partial charge on any atom is -0.477 e. The van der Waals surface area contributed by atoms with Gasteiger partial charge >= 0.3 is 0 Å². The van der Waals surface area contributed by atoms with Crippen LogP contribution in [0.25, 0.3) is 0 Å². The first kappa shape index (κ1) is 16.7. The summed E-state index contributed by atoms with van der Waals surface area (Å²) in [4.78, 5) is 4.55. The van der Waals surface area contributed by atoms with Crippen molar-refractivity contribution in [2.24, 2.45) is 5.92 Å². The molecule has 3 heteroatoms. The fourth-order valence-electron chi connectivity index (χ4n) is 1.93. The number of rotatable bonds is 10. The maximum Gasteiger partial charge on any atom is 0.213 e. The average Bonchev–Trinajstić information content (AvgIpc) is 2.39. The van der Waals surface area contributed by atoms with Gasteiger partial charge in [0.25, 0.3) is 0 Å². The van der Waals surface area contributed by atoms with E-state index in [0.717, 1.165) is 43.9 Å². The Morgan fingerprint density at radius 3 is 2.85 bits per heavy atom. The van der Waals surface area contributed by atoms with Crippen molar-refractivity contribution in [2.75, 3.05) is 13.2 Å². The summed E-state index contributed by atoms with van der Waals surface area (Å²) in [7, 11) is 0. The molecular formula is C17H28N2O. The third kappa shape index (κ3) is 6.71. The maximum atomic E-state index is 5.69. The van der Waals surface area contributed by atoms with Gasteiger partial charge in [0.05, 0.1) is 6.61 Å². The molecule has 3 nitrogen and oxygen atoms in total. The topological polar surface area (TPSA) is 34.1 Å². The number of nitrogens with zero attached hydrogens (tertiary/aromatic N) is 1. The van der Waals surface area contributed by atoms with E-state index in [4.69, 9.17) is 4.74 Å². The van der Waals surface area contributed by atoms with Crippen LogP contribution in [0, 0.1) is 5.92 Å². The van der Waals surface area contributed by atoms with Gasteiger partial charge in [0, 0.05) is 18.3 Å². The van der Waals surface area contributed by atoms with Crippen LogP contribution in [0.2, 0.25) is 0 Å². The van der Waals surface area contributed by atoms with Crippen LogP contribution < -0.4 is 10.1 Å². The van der Waals surface area contributed by atoms with Crippen molar-refractivity contribution in [3.63, 3.8) is 0 Å². The first-order chi connectivity index (χ1) is 9.65. The minimum absolute atomic E-state index is 0.644. The minimum atomic E-state index is 0.644. The highest BCUT2D eigenvalue weighted by Gasteiger charge is 2.04. The lowest BCUT2D eigenvalue weighted by Gasteiger charge is -2.11. The van der Waals surface area contributed by atoms with Crippen molar-refractivity contribution in [3.05, 3.63) is 36.0 Å². The van der Waals surface area contributed by atoms with Crippen LogP contribution in [-0.4, -0.2) is 18.1 Å². The van der Waals surface area contributed by atoms with Crippen LogP contribution in [0.1, 0.15) is 44.9 Å². The predicted molar refractivity (Wildman–Crippen MR) is 85.1 cm³/mol. The lowest BCUT2D eigenvalue weighted by Crippen LogP contribution is -2.19. The van der Waals surface area contributed by atoms with E-state index >= 15 is 0 Å². The summed E-state index contributed by atoms with van der Waals surface area (Å²) >= 11 is 0. The molecule has 0 atom stereocenters. The van der Waals surface area contributed by atoms with Gasteiger partial charge in [-0.05, 0) is 36.9 Å². The number of ether oxygens (including phenoxy) is 1. The molecule has 1 heterocycles. The van der Waals surface area contributed by atoms with Crippen LogP contribution >= 0.6 is 0 Å². The van der Waals surface area contributed by atoms with Gasteiger partial charge in [-0.1, -0.05) is 33.3 Å². The second-order valence-corrected chi connectivity index (χ2v) is 5.51. The molecule has 0 bridgehead atoms. The van der Waals surface area contributed by atoms with Gasteiger partial charge in [-0.15, -0.1) is 6.58 Å². The van der Waals surface area contributed by atoms with Gasteiger partial charge in [0.15, 0.2) is 0 Å². The van der Waals surface area contributed by atoms with Crippen molar-refractivity contribution in [1.29, 1.82) is 0 Å². The lowest BCUT2D eigenvalue weighted by atomic mass is 10.1. The molecule has 0 aliphatic heterocycles. The summed E-state index contributed by atoms with van der Waals surface area (Å²) < 4.78 is 5.69. The molecule has 0 aromatic carbocycles. The lowest BCUT2D eigenvalue weighted by molar-refractivity contribution is 0.311. The first-order valence-electron chi connectivity index (χ1n) is 7.60. The summed E-state index contributed by atoms with van der Waals surface area (Å²) in [6.45, 7) is 12.8. The Hall–Kier alpha value is -1.35. The van der Waals surface area contributed by atoms with Crippen LogP contribution in [-0.2, 0) is 13.0 Å². The highest BCUT2D eigenvalue weighted by Crippen LogP contribution is 2.14. The zero-order chi connectivity index (χ0) is 14.8. The number of pyridine rings is 1. The zero-order valence-corrected chi connectivity index (χ0v) is 13.1. The summed E-state index contributed by atoms with van der Waals surface area (Å²) in [5.41, 5.74) is 2.36. The normalized spacial score (nSPS) is 10.8. The Bertz CT molecular complexity index is 402. The molecule has 0 radical (unpaired) electrons. The molecule has 1 aromatic heterocycles. The third-order valence-corrected chi connectivity index (χ3v) is 2.87. The van der Waals surface area contributed by atoms with Crippen molar-refractivity contribution in [3.8, 4) is 5.88 Å². The van der Waals surface area contributed by atoms with Crippen LogP contribution in [0.15, 0.2) is 24.8 Å². The Labute approximate surface area is 123 Å². The standard InChI is InChI=1S/C17H28N2O/c1-5-7-9-20-17-11-15(13-18-12-14(3)4)10-16(19-17)8-6-2/h5,10-11,14,18H,1,6-9,12-13H2,2-4H3. The van der Waals surface area contributed by atoms with Crippen LogP contribution in [0.3, 0.4) is 0 Å². The molecule has 0 spiro atoms. The van der Waals surface area contributed by atoms with Crippen LogP contribution in [0.5, 0.6) is 5.88 Å². The predicted octanol–water partition coefficient (Wildman–Crippen LogP) is 3.73. The van der Waals surface area contributed by atoms with E-state index < -0.39 is 0 Å². The molecule has 1 rings (SSSR count). The van der Waals surface area contributed by atoms with E-state index in [1.807, 2.05) is 12.1 Å². The molecule has 0 aliphatic rings. The van der Waals surface area contributed by atoms with Gasteiger partial charge in [0.1, 0.15) is 0 Å². The molecule has 0 aliphatic carbocycles. The highest BCUT2D eigenvalue weighted by atomic mass is 16.5. The Balaban J connectivity index is 2.67. The smallest absolute Gasteiger partial charge is 0.213 e. The van der Waals surface area contributed by atoms with E-state index in [1.54, 1.807) is 0 Å².